The van der Waals surface area contributed by atoms with Crippen LogP contribution in [0.3, 0.4) is 0 Å². The summed E-state index contributed by atoms with van der Waals surface area (Å²) in [6, 6.07) is 12.5. The Morgan fingerprint density at radius 3 is 2.78 bits per heavy atom. The summed E-state index contributed by atoms with van der Waals surface area (Å²) in [5.41, 5.74) is 2.39. The van der Waals surface area contributed by atoms with E-state index >= 15 is 0 Å². The molecule has 0 aliphatic rings. The first-order valence-electron chi connectivity index (χ1n) is 5.48. The smallest absolute Gasteiger partial charge is 0.190 e. The number of rotatable bonds is 1. The van der Waals surface area contributed by atoms with Gasteiger partial charge < -0.3 is 4.98 Å². The molecule has 0 amide bonds. The molecule has 0 unspecified atom stereocenters. The number of H-pyrrole nitrogens is 1. The fourth-order valence-corrected chi connectivity index (χ4v) is 2.10. The summed E-state index contributed by atoms with van der Waals surface area (Å²) in [6.07, 6.45) is 1.62. The van der Waals surface area contributed by atoms with Crippen LogP contribution >= 0.6 is 11.6 Å². The summed E-state index contributed by atoms with van der Waals surface area (Å²) in [5.74, 6) is 0. The maximum absolute atomic E-state index is 12.0. The molecule has 3 aromatic rings. The van der Waals surface area contributed by atoms with Crippen molar-refractivity contribution < 1.29 is 0 Å². The Balaban J connectivity index is 2.28. The summed E-state index contributed by atoms with van der Waals surface area (Å²) in [5, 5.41) is 1.09. The van der Waals surface area contributed by atoms with Crippen molar-refractivity contribution in [3.05, 3.63) is 64.0 Å². The van der Waals surface area contributed by atoms with Gasteiger partial charge in [0, 0.05) is 34.4 Å². The fraction of sp³-hybridized carbons (Fsp3) is 0. The van der Waals surface area contributed by atoms with Gasteiger partial charge in [0.05, 0.1) is 0 Å². The Bertz CT molecular complexity index is 780. The molecule has 0 spiro atoms. The van der Waals surface area contributed by atoms with Gasteiger partial charge in [0.2, 0.25) is 0 Å². The predicted molar refractivity (Wildman–Crippen MR) is 72.8 cm³/mol. The molecule has 1 N–H and O–H groups in total. The number of aromatic amines is 1. The molecule has 88 valence electrons. The number of para-hydroxylation sites is 1. The molecule has 0 fully saturated rings. The molecule has 18 heavy (non-hydrogen) atoms. The van der Waals surface area contributed by atoms with Gasteiger partial charge in [-0.05, 0) is 24.3 Å². The second-order valence-electron chi connectivity index (χ2n) is 3.96. The highest BCUT2D eigenvalue weighted by Gasteiger charge is 2.04. The van der Waals surface area contributed by atoms with E-state index in [-0.39, 0.29) is 5.43 Å². The van der Waals surface area contributed by atoms with E-state index in [0.717, 1.165) is 16.8 Å². The fourth-order valence-electron chi connectivity index (χ4n) is 1.92. The van der Waals surface area contributed by atoms with Crippen molar-refractivity contribution in [2.24, 2.45) is 0 Å². The lowest BCUT2D eigenvalue weighted by atomic mass is 10.1. The van der Waals surface area contributed by atoms with Gasteiger partial charge in [0.1, 0.15) is 5.15 Å². The van der Waals surface area contributed by atoms with Crippen LogP contribution < -0.4 is 5.43 Å². The summed E-state index contributed by atoms with van der Waals surface area (Å²) >= 11 is 5.85. The zero-order valence-corrected chi connectivity index (χ0v) is 10.1. The maximum Gasteiger partial charge on any atom is 0.190 e. The third-order valence-electron chi connectivity index (χ3n) is 2.77. The van der Waals surface area contributed by atoms with Gasteiger partial charge >= 0.3 is 0 Å². The standard InChI is InChI=1S/C14H9ClN2O/c15-14-7-9(5-6-16-14)12-8-13(18)10-3-1-2-4-11(10)17-12/h1-8H,(H,17,18). The molecule has 2 aromatic heterocycles. The molecule has 0 aliphatic carbocycles. The Labute approximate surface area is 108 Å². The van der Waals surface area contributed by atoms with Gasteiger partial charge in [-0.15, -0.1) is 0 Å². The minimum Gasteiger partial charge on any atom is -0.354 e. The number of fused-ring (bicyclic) bond motifs is 1. The second-order valence-corrected chi connectivity index (χ2v) is 4.35. The van der Waals surface area contributed by atoms with Crippen LogP contribution in [0.25, 0.3) is 22.2 Å². The summed E-state index contributed by atoms with van der Waals surface area (Å²) in [7, 11) is 0. The number of nitrogens with zero attached hydrogens (tertiary/aromatic N) is 1. The van der Waals surface area contributed by atoms with Crippen molar-refractivity contribution >= 4 is 22.5 Å². The molecule has 0 radical (unpaired) electrons. The first kappa shape index (κ1) is 11.0. The van der Waals surface area contributed by atoms with E-state index in [1.807, 2.05) is 24.3 Å². The van der Waals surface area contributed by atoms with Gasteiger partial charge in [-0.3, -0.25) is 4.79 Å². The van der Waals surface area contributed by atoms with Crippen molar-refractivity contribution in [2.75, 3.05) is 0 Å². The van der Waals surface area contributed by atoms with E-state index in [1.54, 1.807) is 24.4 Å². The maximum atomic E-state index is 12.0. The van der Waals surface area contributed by atoms with E-state index < -0.39 is 0 Å². The summed E-state index contributed by atoms with van der Waals surface area (Å²) in [6.45, 7) is 0. The number of nitrogens with one attached hydrogen (secondary N) is 1. The van der Waals surface area contributed by atoms with Crippen molar-refractivity contribution in [1.82, 2.24) is 9.97 Å². The lowest BCUT2D eigenvalue weighted by Gasteiger charge is -2.04. The number of hydrogen-bond donors (Lipinski definition) is 1. The number of hydrogen-bond acceptors (Lipinski definition) is 2. The lowest BCUT2D eigenvalue weighted by molar-refractivity contribution is 1.31. The molecular formula is C14H9ClN2O. The Morgan fingerprint density at radius 1 is 1.11 bits per heavy atom. The van der Waals surface area contributed by atoms with Crippen LogP contribution in [-0.4, -0.2) is 9.97 Å². The van der Waals surface area contributed by atoms with Crippen LogP contribution in [-0.2, 0) is 0 Å². The van der Waals surface area contributed by atoms with E-state index in [9.17, 15) is 4.79 Å². The van der Waals surface area contributed by atoms with Gasteiger partial charge in [0.25, 0.3) is 0 Å². The zero-order valence-electron chi connectivity index (χ0n) is 9.35. The van der Waals surface area contributed by atoms with E-state index in [0.29, 0.717) is 10.5 Å². The number of aromatic nitrogens is 2. The van der Waals surface area contributed by atoms with Gasteiger partial charge in [-0.2, -0.15) is 0 Å². The minimum absolute atomic E-state index is 0.00714. The normalized spacial score (nSPS) is 10.7. The number of pyridine rings is 2. The minimum atomic E-state index is -0.00714. The Morgan fingerprint density at radius 2 is 1.94 bits per heavy atom. The van der Waals surface area contributed by atoms with Gasteiger partial charge in [-0.25, -0.2) is 4.98 Å². The van der Waals surface area contributed by atoms with Crippen molar-refractivity contribution in [3.63, 3.8) is 0 Å². The van der Waals surface area contributed by atoms with E-state index in [2.05, 4.69) is 9.97 Å². The van der Waals surface area contributed by atoms with Crippen molar-refractivity contribution in [2.45, 2.75) is 0 Å². The molecule has 0 bridgehead atoms. The van der Waals surface area contributed by atoms with Crippen LogP contribution in [0, 0.1) is 0 Å². The quantitative estimate of drug-likeness (QED) is 0.680. The van der Waals surface area contributed by atoms with E-state index in [1.165, 1.54) is 0 Å². The zero-order chi connectivity index (χ0) is 12.5. The SMILES string of the molecule is O=c1cc(-c2ccnc(Cl)c2)[nH]c2ccccc12. The van der Waals surface area contributed by atoms with Crippen molar-refractivity contribution in [1.29, 1.82) is 0 Å². The molecule has 1 aromatic carbocycles. The molecule has 0 aliphatic heterocycles. The first-order chi connectivity index (χ1) is 8.74. The third kappa shape index (κ3) is 1.89. The van der Waals surface area contributed by atoms with Gasteiger partial charge in [-0.1, -0.05) is 23.7 Å². The highest BCUT2D eigenvalue weighted by Crippen LogP contribution is 2.20. The highest BCUT2D eigenvalue weighted by atomic mass is 35.5. The molecule has 0 saturated carbocycles. The van der Waals surface area contributed by atoms with Crippen LogP contribution in [0.4, 0.5) is 0 Å². The molecule has 0 atom stereocenters. The lowest BCUT2D eigenvalue weighted by Crippen LogP contribution is -2.02. The Hall–Kier alpha value is -2.13. The molecule has 0 saturated heterocycles. The highest BCUT2D eigenvalue weighted by molar-refractivity contribution is 6.29. The topological polar surface area (TPSA) is 45.8 Å². The van der Waals surface area contributed by atoms with Crippen molar-refractivity contribution in [3.8, 4) is 11.3 Å². The number of benzene rings is 1. The van der Waals surface area contributed by atoms with Crippen LogP contribution in [0.1, 0.15) is 0 Å². The van der Waals surface area contributed by atoms with Crippen LogP contribution in [0.5, 0.6) is 0 Å². The molecule has 3 rings (SSSR count). The average molecular weight is 257 g/mol. The first-order valence-corrected chi connectivity index (χ1v) is 5.86. The molecular weight excluding hydrogens is 248 g/mol. The van der Waals surface area contributed by atoms with Gasteiger partial charge in [0.15, 0.2) is 5.43 Å². The van der Waals surface area contributed by atoms with E-state index in [4.69, 9.17) is 11.6 Å². The second kappa shape index (κ2) is 4.27. The van der Waals surface area contributed by atoms with Crippen LogP contribution in [0.2, 0.25) is 5.15 Å². The number of halogens is 1. The van der Waals surface area contributed by atoms with Crippen LogP contribution in [0.15, 0.2) is 53.5 Å². The molecule has 4 heteroatoms. The predicted octanol–water partition coefficient (Wildman–Crippen LogP) is 3.24. The summed E-state index contributed by atoms with van der Waals surface area (Å²) < 4.78 is 0. The third-order valence-corrected chi connectivity index (χ3v) is 2.98. The summed E-state index contributed by atoms with van der Waals surface area (Å²) in [4.78, 5) is 19.1. The Kier molecular flexibility index (Phi) is 2.61. The monoisotopic (exact) mass is 256 g/mol. The molecule has 2 heterocycles. The molecule has 3 nitrogen and oxygen atoms in total. The largest absolute Gasteiger partial charge is 0.354 e. The average Bonchev–Trinajstić information content (AvgIpc) is 2.39.